The Kier molecular flexibility index (Phi) is 1.87. The smallest absolute Gasteiger partial charge is 0.164 e. The van der Waals surface area contributed by atoms with E-state index in [2.05, 4.69) is 20.8 Å². The van der Waals surface area contributed by atoms with Crippen molar-refractivity contribution in [2.24, 2.45) is 23.2 Å². The van der Waals surface area contributed by atoms with Crippen LogP contribution in [0.2, 0.25) is 0 Å². The molecule has 0 N–H and O–H groups in total. The Morgan fingerprint density at radius 2 is 2.20 bits per heavy atom. The van der Waals surface area contributed by atoms with E-state index < -0.39 is 0 Å². The minimum atomic E-state index is -0.0165. The molecular formula is C13H20O2. The topological polar surface area (TPSA) is 29.6 Å². The van der Waals surface area contributed by atoms with E-state index in [1.54, 1.807) is 0 Å². The zero-order valence-corrected chi connectivity index (χ0v) is 9.82. The SMILES string of the molecule is CC(C)[C@H]1CC[C@@]2(C)C3OC3C(=O)C[C@@H]12. The van der Waals surface area contributed by atoms with Crippen LogP contribution < -0.4 is 0 Å². The molecule has 0 aromatic rings. The highest BCUT2D eigenvalue weighted by Crippen LogP contribution is 2.61. The molecule has 0 bridgehead atoms. The normalized spacial score (nSPS) is 52.9. The second-order valence-electron chi connectivity index (χ2n) is 6.21. The molecule has 0 radical (unpaired) electrons. The van der Waals surface area contributed by atoms with Gasteiger partial charge in [-0.3, -0.25) is 4.79 Å². The predicted octanol–water partition coefficient (Wildman–Crippen LogP) is 2.42. The largest absolute Gasteiger partial charge is 0.361 e. The third-order valence-electron chi connectivity index (χ3n) is 5.12. The summed E-state index contributed by atoms with van der Waals surface area (Å²) >= 11 is 0. The van der Waals surface area contributed by atoms with Crippen molar-refractivity contribution in [3.8, 4) is 0 Å². The lowest BCUT2D eigenvalue weighted by atomic mass is 9.65. The van der Waals surface area contributed by atoms with Crippen molar-refractivity contribution in [1.82, 2.24) is 0 Å². The molecule has 0 spiro atoms. The number of rotatable bonds is 1. The lowest BCUT2D eigenvalue weighted by molar-refractivity contribution is -0.123. The first-order valence-electron chi connectivity index (χ1n) is 6.22. The van der Waals surface area contributed by atoms with E-state index in [-0.39, 0.29) is 12.2 Å². The van der Waals surface area contributed by atoms with Crippen LogP contribution in [0.15, 0.2) is 0 Å². The fourth-order valence-corrected chi connectivity index (χ4v) is 4.08. The fraction of sp³-hybridized carbons (Fsp3) is 0.923. The molecule has 0 aromatic heterocycles. The van der Waals surface area contributed by atoms with Crippen LogP contribution in [0, 0.1) is 23.2 Å². The van der Waals surface area contributed by atoms with Gasteiger partial charge < -0.3 is 4.74 Å². The van der Waals surface area contributed by atoms with Gasteiger partial charge in [0.15, 0.2) is 5.78 Å². The van der Waals surface area contributed by atoms with Crippen LogP contribution in [0.25, 0.3) is 0 Å². The molecule has 2 aliphatic carbocycles. The molecule has 3 fully saturated rings. The number of hydrogen-bond donors (Lipinski definition) is 0. The van der Waals surface area contributed by atoms with Gasteiger partial charge in [-0.1, -0.05) is 20.8 Å². The maximum absolute atomic E-state index is 11.8. The van der Waals surface area contributed by atoms with Crippen molar-refractivity contribution in [1.29, 1.82) is 0 Å². The molecule has 84 valence electrons. The lowest BCUT2D eigenvalue weighted by Crippen LogP contribution is -2.40. The average Bonchev–Trinajstić information content (AvgIpc) is 2.89. The third-order valence-corrected chi connectivity index (χ3v) is 5.12. The van der Waals surface area contributed by atoms with Crippen LogP contribution >= 0.6 is 0 Å². The Hall–Kier alpha value is -0.370. The molecule has 2 saturated carbocycles. The predicted molar refractivity (Wildman–Crippen MR) is 57.4 cm³/mol. The number of Topliss-reactive ketones (excluding diaryl/α,β-unsaturated/α-hetero) is 1. The molecule has 1 aliphatic heterocycles. The maximum atomic E-state index is 11.8. The van der Waals surface area contributed by atoms with E-state index in [9.17, 15) is 4.79 Å². The number of ether oxygens (including phenoxy) is 1. The summed E-state index contributed by atoms with van der Waals surface area (Å²) in [5, 5.41) is 0. The van der Waals surface area contributed by atoms with Crippen molar-refractivity contribution >= 4 is 5.78 Å². The maximum Gasteiger partial charge on any atom is 0.164 e. The van der Waals surface area contributed by atoms with E-state index in [4.69, 9.17) is 4.74 Å². The molecule has 0 amide bonds. The molecule has 2 unspecified atom stereocenters. The zero-order chi connectivity index (χ0) is 10.8. The fourth-order valence-electron chi connectivity index (χ4n) is 4.08. The summed E-state index contributed by atoms with van der Waals surface area (Å²) in [6.07, 6.45) is 3.58. The van der Waals surface area contributed by atoms with E-state index in [1.807, 2.05) is 0 Å². The van der Waals surface area contributed by atoms with Gasteiger partial charge in [-0.2, -0.15) is 0 Å². The highest BCUT2D eigenvalue weighted by molar-refractivity contribution is 5.87. The molecule has 0 aromatic carbocycles. The number of carbonyl (C=O) groups excluding carboxylic acids is 1. The molecule has 1 heterocycles. The molecule has 1 saturated heterocycles. The van der Waals surface area contributed by atoms with Crippen molar-refractivity contribution in [2.75, 3.05) is 0 Å². The highest BCUT2D eigenvalue weighted by atomic mass is 16.6. The molecule has 2 heteroatoms. The van der Waals surface area contributed by atoms with Gasteiger partial charge in [0.2, 0.25) is 0 Å². The van der Waals surface area contributed by atoms with Gasteiger partial charge in [0.25, 0.3) is 0 Å². The van der Waals surface area contributed by atoms with E-state index in [0.29, 0.717) is 23.0 Å². The van der Waals surface area contributed by atoms with Crippen molar-refractivity contribution in [3.63, 3.8) is 0 Å². The Morgan fingerprint density at radius 3 is 2.87 bits per heavy atom. The van der Waals surface area contributed by atoms with Gasteiger partial charge in [-0.05, 0) is 30.6 Å². The first-order valence-corrected chi connectivity index (χ1v) is 6.22. The van der Waals surface area contributed by atoms with Gasteiger partial charge in [0.05, 0.1) is 6.10 Å². The summed E-state index contributed by atoms with van der Waals surface area (Å²) in [6, 6.07) is 0. The first kappa shape index (κ1) is 9.83. The monoisotopic (exact) mass is 208 g/mol. The molecule has 5 atom stereocenters. The summed E-state index contributed by atoms with van der Waals surface area (Å²) in [5.41, 5.74) is 0.313. The number of ketones is 1. The van der Waals surface area contributed by atoms with Crippen molar-refractivity contribution in [3.05, 3.63) is 0 Å². The lowest BCUT2D eigenvalue weighted by Gasteiger charge is -2.36. The third kappa shape index (κ3) is 1.17. The Balaban J connectivity index is 1.90. The number of fused-ring (bicyclic) bond motifs is 3. The summed E-state index contributed by atoms with van der Waals surface area (Å²) in [7, 11) is 0. The second-order valence-corrected chi connectivity index (χ2v) is 6.21. The van der Waals surface area contributed by atoms with Gasteiger partial charge >= 0.3 is 0 Å². The van der Waals surface area contributed by atoms with Crippen LogP contribution in [0.4, 0.5) is 0 Å². The Bertz CT molecular complexity index is 310. The van der Waals surface area contributed by atoms with Gasteiger partial charge in [-0.15, -0.1) is 0 Å². The van der Waals surface area contributed by atoms with Crippen LogP contribution in [-0.2, 0) is 9.53 Å². The summed E-state index contributed by atoms with van der Waals surface area (Å²) < 4.78 is 5.59. The van der Waals surface area contributed by atoms with E-state index >= 15 is 0 Å². The van der Waals surface area contributed by atoms with E-state index in [1.165, 1.54) is 12.8 Å². The number of epoxide rings is 1. The summed E-state index contributed by atoms with van der Waals surface area (Å²) in [6.45, 7) is 6.93. The average molecular weight is 208 g/mol. The molecule has 3 aliphatic rings. The quantitative estimate of drug-likeness (QED) is 0.619. The first-order chi connectivity index (χ1) is 7.04. The van der Waals surface area contributed by atoms with Crippen molar-refractivity contribution in [2.45, 2.75) is 52.2 Å². The van der Waals surface area contributed by atoms with Crippen LogP contribution in [0.1, 0.15) is 40.0 Å². The molecular weight excluding hydrogens is 188 g/mol. The number of carbonyl (C=O) groups is 1. The molecule has 15 heavy (non-hydrogen) atoms. The minimum absolute atomic E-state index is 0.0165. The van der Waals surface area contributed by atoms with Crippen LogP contribution in [-0.4, -0.2) is 18.0 Å². The minimum Gasteiger partial charge on any atom is -0.361 e. The van der Waals surface area contributed by atoms with Gasteiger partial charge in [0, 0.05) is 11.8 Å². The highest BCUT2D eigenvalue weighted by Gasteiger charge is 2.65. The summed E-state index contributed by atoms with van der Waals surface area (Å²) in [5.74, 6) is 2.41. The molecule has 3 rings (SSSR count). The Labute approximate surface area is 91.4 Å². The standard InChI is InChI=1S/C13H20O2/c1-7(2)8-4-5-13(3)9(8)6-10(14)11-12(13)15-11/h7-9,11-12H,4-6H2,1-3H3/t8-,9+,11?,12?,13-/m1/s1. The Morgan fingerprint density at radius 1 is 1.47 bits per heavy atom. The van der Waals surface area contributed by atoms with Gasteiger partial charge in [-0.25, -0.2) is 0 Å². The second kappa shape index (κ2) is 2.85. The van der Waals surface area contributed by atoms with Crippen LogP contribution in [0.3, 0.4) is 0 Å². The van der Waals surface area contributed by atoms with Crippen LogP contribution in [0.5, 0.6) is 0 Å². The summed E-state index contributed by atoms with van der Waals surface area (Å²) in [4.78, 5) is 11.8. The van der Waals surface area contributed by atoms with E-state index in [0.717, 1.165) is 12.3 Å². The zero-order valence-electron chi connectivity index (χ0n) is 9.82. The van der Waals surface area contributed by atoms with Crippen molar-refractivity contribution < 1.29 is 9.53 Å². The van der Waals surface area contributed by atoms with Gasteiger partial charge in [0.1, 0.15) is 6.10 Å². The number of hydrogen-bond acceptors (Lipinski definition) is 2. The molecule has 2 nitrogen and oxygen atoms in total.